The van der Waals surface area contributed by atoms with Crippen LogP contribution in [0.25, 0.3) is 6.08 Å². The van der Waals surface area contributed by atoms with E-state index < -0.39 is 16.4 Å². The number of thiocarbonyl (C=S) groups is 1. The van der Waals surface area contributed by atoms with Crippen LogP contribution in [0.5, 0.6) is 5.75 Å². The first-order chi connectivity index (χ1) is 12.0. The van der Waals surface area contributed by atoms with Gasteiger partial charge in [-0.3, -0.25) is 19.8 Å². The van der Waals surface area contributed by atoms with Gasteiger partial charge in [-0.1, -0.05) is 60.4 Å². The second kappa shape index (κ2) is 7.04. The van der Waals surface area contributed by atoms with Gasteiger partial charge >= 0.3 is 5.69 Å². The smallest absolute Gasteiger partial charge is 0.311 e. The lowest BCUT2D eigenvalue weighted by atomic mass is 10.1. The number of rotatable bonds is 4. The molecule has 25 heavy (non-hydrogen) atoms. The van der Waals surface area contributed by atoms with Crippen LogP contribution in [-0.2, 0) is 11.3 Å². The van der Waals surface area contributed by atoms with Gasteiger partial charge in [0, 0.05) is 6.07 Å². The Morgan fingerprint density at radius 2 is 1.96 bits per heavy atom. The summed E-state index contributed by atoms with van der Waals surface area (Å²) in [5.74, 6) is -0.659. The van der Waals surface area contributed by atoms with E-state index in [2.05, 4.69) is 0 Å². The number of carbonyl (C=O) groups excluding carboxylic acids is 1. The van der Waals surface area contributed by atoms with Crippen LogP contribution >= 0.6 is 24.0 Å². The number of hydrogen-bond donors (Lipinski definition) is 1. The second-order valence-electron chi connectivity index (χ2n) is 5.26. The van der Waals surface area contributed by atoms with Crippen LogP contribution in [0.2, 0.25) is 0 Å². The molecule has 0 unspecified atom stereocenters. The van der Waals surface area contributed by atoms with Gasteiger partial charge in [0.15, 0.2) is 5.75 Å². The van der Waals surface area contributed by atoms with Gasteiger partial charge in [-0.25, -0.2) is 0 Å². The van der Waals surface area contributed by atoms with E-state index in [1.165, 1.54) is 29.2 Å². The standard InChI is InChI=1S/C17H12N2O4S2/c20-14-7-6-12(8-13(14)19(22)23)9-15-16(21)18(17(24)25-15)10-11-4-2-1-3-5-11/h1-9,20H,10H2/b15-9+. The highest BCUT2D eigenvalue weighted by Crippen LogP contribution is 2.35. The summed E-state index contributed by atoms with van der Waals surface area (Å²) in [4.78, 5) is 24.7. The zero-order valence-corrected chi connectivity index (χ0v) is 14.4. The number of carbonyl (C=O) groups is 1. The maximum absolute atomic E-state index is 12.6. The van der Waals surface area contributed by atoms with Crippen LogP contribution in [0.4, 0.5) is 5.69 Å². The van der Waals surface area contributed by atoms with Gasteiger partial charge in [-0.05, 0) is 23.3 Å². The summed E-state index contributed by atoms with van der Waals surface area (Å²) in [7, 11) is 0. The van der Waals surface area contributed by atoms with E-state index in [1.54, 1.807) is 0 Å². The fraction of sp³-hybridized carbons (Fsp3) is 0.0588. The maximum Gasteiger partial charge on any atom is 0.311 e. The predicted molar refractivity (Wildman–Crippen MR) is 99.9 cm³/mol. The van der Waals surface area contributed by atoms with Gasteiger partial charge < -0.3 is 5.11 Å². The number of phenols is 1. The molecule has 126 valence electrons. The van der Waals surface area contributed by atoms with Gasteiger partial charge in [0.25, 0.3) is 5.91 Å². The van der Waals surface area contributed by atoms with Crippen LogP contribution in [-0.4, -0.2) is 25.2 Å². The van der Waals surface area contributed by atoms with E-state index in [0.29, 0.717) is 21.3 Å². The Morgan fingerprint density at radius 3 is 2.64 bits per heavy atom. The van der Waals surface area contributed by atoms with Gasteiger partial charge in [0.1, 0.15) is 4.32 Å². The molecule has 1 heterocycles. The third-order valence-electron chi connectivity index (χ3n) is 3.55. The molecule has 0 saturated carbocycles. The molecule has 1 aliphatic heterocycles. The molecule has 1 saturated heterocycles. The molecule has 0 radical (unpaired) electrons. The summed E-state index contributed by atoms with van der Waals surface area (Å²) in [5.41, 5.74) is 0.999. The van der Waals surface area contributed by atoms with E-state index in [1.807, 2.05) is 30.3 Å². The average molecular weight is 372 g/mol. The number of nitro benzene ring substituents is 1. The van der Waals surface area contributed by atoms with E-state index >= 15 is 0 Å². The number of amides is 1. The first-order valence-corrected chi connectivity index (χ1v) is 8.45. The molecule has 1 N–H and O–H groups in total. The molecule has 0 aromatic heterocycles. The Kier molecular flexibility index (Phi) is 4.82. The Hall–Kier alpha value is -2.71. The van der Waals surface area contributed by atoms with Gasteiger partial charge in [0.05, 0.1) is 16.4 Å². The fourth-order valence-corrected chi connectivity index (χ4v) is 3.59. The molecular weight excluding hydrogens is 360 g/mol. The molecule has 1 amide bonds. The average Bonchev–Trinajstić information content (AvgIpc) is 2.85. The number of aromatic hydroxyl groups is 1. The number of benzene rings is 2. The number of phenolic OH excluding ortho intramolecular Hbond substituents is 1. The van der Waals surface area contributed by atoms with Gasteiger partial charge in [0.2, 0.25) is 0 Å². The minimum atomic E-state index is -0.673. The summed E-state index contributed by atoms with van der Waals surface area (Å²) < 4.78 is 0.438. The SMILES string of the molecule is O=C1/C(=C\c2ccc(O)c([N+](=O)[O-])c2)SC(=S)N1Cc1ccccc1. The van der Waals surface area contributed by atoms with Gasteiger partial charge in [-0.15, -0.1) is 0 Å². The minimum absolute atomic E-state index is 0.241. The van der Waals surface area contributed by atoms with Crippen molar-refractivity contribution in [3.8, 4) is 5.75 Å². The lowest BCUT2D eigenvalue weighted by molar-refractivity contribution is -0.385. The molecule has 1 aliphatic rings. The normalized spacial score (nSPS) is 15.8. The Balaban J connectivity index is 1.85. The summed E-state index contributed by atoms with van der Waals surface area (Å²) in [5, 5.41) is 20.4. The molecule has 8 heteroatoms. The molecule has 0 bridgehead atoms. The molecule has 2 aromatic rings. The number of thioether (sulfide) groups is 1. The first-order valence-electron chi connectivity index (χ1n) is 7.22. The zero-order valence-electron chi connectivity index (χ0n) is 12.8. The highest BCUT2D eigenvalue weighted by Gasteiger charge is 2.32. The summed E-state index contributed by atoms with van der Waals surface area (Å²) >= 11 is 6.43. The largest absolute Gasteiger partial charge is 0.502 e. The van der Waals surface area contributed by atoms with Crippen LogP contribution in [0, 0.1) is 10.1 Å². The molecule has 2 aromatic carbocycles. The topological polar surface area (TPSA) is 83.7 Å². The first kappa shape index (κ1) is 17.1. The summed E-state index contributed by atoms with van der Waals surface area (Å²) in [6.07, 6.45) is 1.54. The molecule has 6 nitrogen and oxygen atoms in total. The Labute approximate surface area is 152 Å². The van der Waals surface area contributed by atoms with E-state index in [-0.39, 0.29) is 5.91 Å². The maximum atomic E-state index is 12.6. The van der Waals surface area contributed by atoms with Crippen molar-refractivity contribution >= 4 is 46.0 Å². The van der Waals surface area contributed by atoms with E-state index in [9.17, 15) is 20.0 Å². The highest BCUT2D eigenvalue weighted by atomic mass is 32.2. The monoisotopic (exact) mass is 372 g/mol. The third kappa shape index (κ3) is 3.70. The van der Waals surface area contributed by atoms with Crippen LogP contribution in [0.3, 0.4) is 0 Å². The molecule has 0 aliphatic carbocycles. The van der Waals surface area contributed by atoms with Crippen molar-refractivity contribution in [1.82, 2.24) is 4.90 Å². The van der Waals surface area contributed by atoms with E-state index in [4.69, 9.17) is 12.2 Å². The summed E-state index contributed by atoms with van der Waals surface area (Å²) in [6.45, 7) is 0.374. The molecule has 1 fully saturated rings. The van der Waals surface area contributed by atoms with Crippen molar-refractivity contribution < 1.29 is 14.8 Å². The quantitative estimate of drug-likeness (QED) is 0.381. The van der Waals surface area contributed by atoms with Crippen molar-refractivity contribution in [3.05, 3.63) is 74.7 Å². The van der Waals surface area contributed by atoms with Crippen molar-refractivity contribution in [2.24, 2.45) is 0 Å². The Morgan fingerprint density at radius 1 is 1.24 bits per heavy atom. The van der Waals surface area contributed by atoms with E-state index in [0.717, 1.165) is 17.3 Å². The van der Waals surface area contributed by atoms with Crippen LogP contribution < -0.4 is 0 Å². The van der Waals surface area contributed by atoms with Crippen molar-refractivity contribution in [2.45, 2.75) is 6.54 Å². The number of hydrogen-bond acceptors (Lipinski definition) is 6. The summed E-state index contributed by atoms with van der Waals surface area (Å²) in [6, 6.07) is 13.4. The van der Waals surface area contributed by atoms with Crippen LogP contribution in [0.15, 0.2) is 53.4 Å². The van der Waals surface area contributed by atoms with Crippen molar-refractivity contribution in [3.63, 3.8) is 0 Å². The fourth-order valence-electron chi connectivity index (χ4n) is 2.33. The minimum Gasteiger partial charge on any atom is -0.502 e. The Bertz CT molecular complexity index is 897. The highest BCUT2D eigenvalue weighted by molar-refractivity contribution is 8.26. The molecular formula is C17H12N2O4S2. The van der Waals surface area contributed by atoms with Gasteiger partial charge in [-0.2, -0.15) is 0 Å². The number of nitrogens with zero attached hydrogens (tertiary/aromatic N) is 2. The lowest BCUT2D eigenvalue weighted by Gasteiger charge is -2.14. The van der Waals surface area contributed by atoms with Crippen LogP contribution in [0.1, 0.15) is 11.1 Å². The second-order valence-corrected chi connectivity index (χ2v) is 6.93. The zero-order chi connectivity index (χ0) is 18.0. The predicted octanol–water partition coefficient (Wildman–Crippen LogP) is 3.70. The third-order valence-corrected chi connectivity index (χ3v) is 4.93. The molecule has 0 atom stereocenters. The number of nitro groups is 1. The molecule has 3 rings (SSSR count). The van der Waals surface area contributed by atoms with Crippen molar-refractivity contribution in [2.75, 3.05) is 0 Å². The van der Waals surface area contributed by atoms with Crippen molar-refractivity contribution in [1.29, 1.82) is 0 Å². The molecule has 0 spiro atoms. The lowest BCUT2D eigenvalue weighted by Crippen LogP contribution is -2.27.